The Morgan fingerprint density at radius 3 is 2.64 bits per heavy atom. The van der Waals surface area contributed by atoms with Crippen molar-refractivity contribution in [1.29, 1.82) is 0 Å². The zero-order chi connectivity index (χ0) is 18.0. The number of phenolic OH excluding ortho intramolecular Hbond substituents is 1. The van der Waals surface area contributed by atoms with E-state index >= 15 is 0 Å². The molecule has 0 radical (unpaired) electrons. The molecule has 0 amide bonds. The number of ether oxygens (including phenoxy) is 1. The Balaban J connectivity index is 1.99. The summed E-state index contributed by atoms with van der Waals surface area (Å²) in [5.74, 6) is 1.07. The van der Waals surface area contributed by atoms with E-state index in [1.54, 1.807) is 19.2 Å². The average Bonchev–Trinajstić information content (AvgIpc) is 2.63. The molecular weight excluding hydrogens is 336 g/mol. The number of hydrogen-bond donors (Lipinski definition) is 2. The van der Waals surface area contributed by atoms with Gasteiger partial charge < -0.3 is 9.84 Å². The maximum Gasteiger partial charge on any atom is 0.120 e. The lowest BCUT2D eigenvalue weighted by Gasteiger charge is -2.37. The van der Waals surface area contributed by atoms with Crippen LogP contribution in [0.15, 0.2) is 47.5 Å². The van der Waals surface area contributed by atoms with Gasteiger partial charge in [-0.2, -0.15) is 0 Å². The molecule has 0 saturated carbocycles. The van der Waals surface area contributed by atoms with Crippen molar-refractivity contribution in [2.75, 3.05) is 7.11 Å². The Hall–Kier alpha value is -2.04. The van der Waals surface area contributed by atoms with E-state index in [0.29, 0.717) is 11.4 Å². The number of aliphatic imine (C=N–C) groups is 1. The van der Waals surface area contributed by atoms with E-state index in [9.17, 15) is 5.11 Å². The zero-order valence-corrected chi connectivity index (χ0v) is 15.5. The minimum atomic E-state index is -0.396. The molecule has 2 aromatic rings. The fraction of sp³-hybridized carbons (Fsp3) is 0.350. The van der Waals surface area contributed by atoms with Crippen molar-refractivity contribution in [3.05, 3.63) is 58.6 Å². The van der Waals surface area contributed by atoms with Gasteiger partial charge in [0.05, 0.1) is 7.11 Å². The van der Waals surface area contributed by atoms with Crippen LogP contribution in [0.2, 0.25) is 5.02 Å². The quantitative estimate of drug-likeness (QED) is 0.832. The van der Waals surface area contributed by atoms with Crippen LogP contribution in [0.4, 0.5) is 0 Å². The van der Waals surface area contributed by atoms with Gasteiger partial charge in [0.1, 0.15) is 17.2 Å². The highest BCUT2D eigenvalue weighted by atomic mass is 35.5. The Morgan fingerprint density at radius 2 is 2.00 bits per heavy atom. The summed E-state index contributed by atoms with van der Waals surface area (Å²) in [6.07, 6.45) is 1.51. The summed E-state index contributed by atoms with van der Waals surface area (Å²) in [4.78, 5) is 4.94. The molecule has 0 spiro atoms. The third kappa shape index (κ3) is 3.80. The van der Waals surface area contributed by atoms with Crippen LogP contribution in [0, 0.1) is 0 Å². The summed E-state index contributed by atoms with van der Waals surface area (Å²) in [7, 11) is 1.66. The van der Waals surface area contributed by atoms with Crippen molar-refractivity contribution in [3.8, 4) is 11.5 Å². The SMILES string of the molecule is CCC1(C)N=C(c2ccc(OC)cc2)CC(c2cc(Cl)ccc2O)N1. The molecule has 3 rings (SSSR count). The van der Waals surface area contributed by atoms with E-state index in [2.05, 4.69) is 19.2 Å². The molecule has 5 heteroatoms. The van der Waals surface area contributed by atoms with Crippen molar-refractivity contribution < 1.29 is 9.84 Å². The molecule has 25 heavy (non-hydrogen) atoms. The second kappa shape index (κ2) is 7.06. The topological polar surface area (TPSA) is 53.9 Å². The van der Waals surface area contributed by atoms with Crippen molar-refractivity contribution in [3.63, 3.8) is 0 Å². The van der Waals surface area contributed by atoms with Gasteiger partial charge in [-0.25, -0.2) is 0 Å². The average molecular weight is 359 g/mol. The lowest BCUT2D eigenvalue weighted by molar-refractivity contribution is 0.295. The van der Waals surface area contributed by atoms with Crippen LogP contribution < -0.4 is 10.1 Å². The van der Waals surface area contributed by atoms with E-state index in [1.165, 1.54) is 0 Å². The van der Waals surface area contributed by atoms with Gasteiger partial charge in [0, 0.05) is 28.8 Å². The third-order valence-corrected chi connectivity index (χ3v) is 4.98. The molecule has 2 atom stereocenters. The molecule has 2 unspecified atom stereocenters. The van der Waals surface area contributed by atoms with E-state index in [4.69, 9.17) is 21.3 Å². The first-order valence-electron chi connectivity index (χ1n) is 8.43. The summed E-state index contributed by atoms with van der Waals surface area (Å²) in [5, 5.41) is 14.5. The Labute approximate surface area is 153 Å². The largest absolute Gasteiger partial charge is 0.508 e. The molecular formula is C20H23ClN2O2. The fourth-order valence-electron chi connectivity index (χ4n) is 3.13. The molecule has 0 aliphatic carbocycles. The molecule has 1 heterocycles. The second-order valence-corrected chi connectivity index (χ2v) is 6.96. The lowest BCUT2D eigenvalue weighted by atomic mass is 9.91. The highest BCUT2D eigenvalue weighted by molar-refractivity contribution is 6.30. The summed E-state index contributed by atoms with van der Waals surface area (Å²) >= 11 is 6.14. The normalized spacial score (nSPS) is 23.2. The van der Waals surface area contributed by atoms with Gasteiger partial charge in [0.2, 0.25) is 0 Å². The standard InChI is InChI=1S/C20H23ClN2O2/c1-4-20(2)22-17(13-5-8-15(25-3)9-6-13)12-18(23-20)16-11-14(21)7-10-19(16)24/h5-11,18,23-24H,4,12H2,1-3H3. The first-order chi connectivity index (χ1) is 11.9. The number of methoxy groups -OCH3 is 1. The number of benzene rings is 2. The van der Waals surface area contributed by atoms with E-state index in [-0.39, 0.29) is 11.8 Å². The number of hydrogen-bond acceptors (Lipinski definition) is 4. The number of phenols is 1. The van der Waals surface area contributed by atoms with Crippen LogP contribution in [0.25, 0.3) is 0 Å². The Kier molecular flexibility index (Phi) is 5.02. The zero-order valence-electron chi connectivity index (χ0n) is 14.7. The van der Waals surface area contributed by atoms with Gasteiger partial charge in [-0.15, -0.1) is 0 Å². The lowest BCUT2D eigenvalue weighted by Crippen LogP contribution is -2.47. The minimum Gasteiger partial charge on any atom is -0.508 e. The monoisotopic (exact) mass is 358 g/mol. The van der Waals surface area contributed by atoms with E-state index < -0.39 is 5.66 Å². The van der Waals surface area contributed by atoms with Crippen LogP contribution in [0.3, 0.4) is 0 Å². The maximum atomic E-state index is 10.3. The molecule has 0 bridgehead atoms. The van der Waals surface area contributed by atoms with Crippen LogP contribution in [-0.2, 0) is 0 Å². The highest BCUT2D eigenvalue weighted by Crippen LogP contribution is 2.35. The Bertz CT molecular complexity index is 789. The summed E-state index contributed by atoms with van der Waals surface area (Å²) in [6.45, 7) is 4.17. The first kappa shape index (κ1) is 17.8. The molecule has 2 N–H and O–H groups in total. The van der Waals surface area contributed by atoms with E-state index in [0.717, 1.165) is 29.0 Å². The number of halogens is 1. The van der Waals surface area contributed by atoms with Gasteiger partial charge in [0.25, 0.3) is 0 Å². The number of aromatic hydroxyl groups is 1. The molecule has 0 aromatic heterocycles. The third-order valence-electron chi connectivity index (χ3n) is 4.74. The van der Waals surface area contributed by atoms with Crippen molar-refractivity contribution >= 4 is 17.3 Å². The van der Waals surface area contributed by atoms with Gasteiger partial charge in [-0.1, -0.05) is 18.5 Å². The minimum absolute atomic E-state index is 0.0572. The molecule has 0 fully saturated rings. The number of nitrogens with one attached hydrogen (secondary N) is 1. The van der Waals surface area contributed by atoms with E-state index in [1.807, 2.05) is 30.3 Å². The second-order valence-electron chi connectivity index (χ2n) is 6.52. The van der Waals surface area contributed by atoms with Gasteiger partial charge in [-0.05, 0) is 61.4 Å². The molecule has 1 aliphatic rings. The fourth-order valence-corrected chi connectivity index (χ4v) is 3.32. The van der Waals surface area contributed by atoms with Crippen molar-refractivity contribution in [2.24, 2.45) is 4.99 Å². The van der Waals surface area contributed by atoms with Gasteiger partial charge in [-0.3, -0.25) is 10.3 Å². The van der Waals surface area contributed by atoms with Crippen molar-refractivity contribution in [2.45, 2.75) is 38.4 Å². The molecule has 0 saturated heterocycles. The highest BCUT2D eigenvalue weighted by Gasteiger charge is 2.33. The van der Waals surface area contributed by atoms with Gasteiger partial charge in [0.15, 0.2) is 0 Å². The first-order valence-corrected chi connectivity index (χ1v) is 8.81. The summed E-state index contributed by atoms with van der Waals surface area (Å²) in [6, 6.07) is 13.0. The molecule has 4 nitrogen and oxygen atoms in total. The molecule has 1 aliphatic heterocycles. The summed E-state index contributed by atoms with van der Waals surface area (Å²) < 4.78 is 5.24. The Morgan fingerprint density at radius 1 is 1.28 bits per heavy atom. The predicted molar refractivity (Wildman–Crippen MR) is 102 cm³/mol. The number of nitrogens with zero attached hydrogens (tertiary/aromatic N) is 1. The van der Waals surface area contributed by atoms with Crippen LogP contribution in [-0.4, -0.2) is 23.6 Å². The van der Waals surface area contributed by atoms with Crippen molar-refractivity contribution in [1.82, 2.24) is 5.32 Å². The smallest absolute Gasteiger partial charge is 0.120 e. The molecule has 2 aromatic carbocycles. The maximum absolute atomic E-state index is 10.3. The molecule has 132 valence electrons. The predicted octanol–water partition coefficient (Wildman–Crippen LogP) is 4.70. The van der Waals surface area contributed by atoms with Crippen LogP contribution in [0.1, 0.15) is 43.9 Å². The van der Waals surface area contributed by atoms with Crippen LogP contribution >= 0.6 is 11.6 Å². The summed E-state index contributed by atoms with van der Waals surface area (Å²) in [5.41, 5.74) is 2.48. The van der Waals surface area contributed by atoms with Gasteiger partial charge >= 0.3 is 0 Å². The van der Waals surface area contributed by atoms with Crippen LogP contribution in [0.5, 0.6) is 11.5 Å². The number of rotatable bonds is 4.